The van der Waals surface area contributed by atoms with Crippen LogP contribution in [0, 0.1) is 0 Å². The van der Waals surface area contributed by atoms with Gasteiger partial charge in [-0.3, -0.25) is 9.59 Å². The smallest absolute Gasteiger partial charge is 0.251 e. The topological polar surface area (TPSA) is 111 Å². The Labute approximate surface area is 133 Å². The summed E-state index contributed by atoms with van der Waals surface area (Å²) in [5, 5.41) is 5.09. The first-order chi connectivity index (χ1) is 10.9. The maximum atomic E-state index is 12.0. The van der Waals surface area contributed by atoms with E-state index in [2.05, 4.69) is 10.6 Å². The van der Waals surface area contributed by atoms with Gasteiger partial charge in [-0.25, -0.2) is 8.42 Å². The number of carbonyl (C=O) groups excluding carboxylic acids is 2. The van der Waals surface area contributed by atoms with Gasteiger partial charge in [0, 0.05) is 11.6 Å². The zero-order valence-corrected chi connectivity index (χ0v) is 13.0. The van der Waals surface area contributed by atoms with Gasteiger partial charge in [0.2, 0.25) is 12.7 Å². The van der Waals surface area contributed by atoms with Crippen molar-refractivity contribution in [2.75, 3.05) is 24.8 Å². The monoisotopic (exact) mass is 340 g/mol. The fourth-order valence-corrected chi connectivity index (χ4v) is 4.16. The molecule has 1 fully saturated rings. The second-order valence-electron chi connectivity index (χ2n) is 5.42. The van der Waals surface area contributed by atoms with Gasteiger partial charge < -0.3 is 20.1 Å². The number of hydrogen-bond donors (Lipinski definition) is 2. The summed E-state index contributed by atoms with van der Waals surface area (Å²) in [6, 6.07) is 4.36. The van der Waals surface area contributed by atoms with Crippen LogP contribution in [-0.4, -0.2) is 51.1 Å². The lowest BCUT2D eigenvalue weighted by atomic mass is 10.2. The number of carbonyl (C=O) groups is 2. The lowest BCUT2D eigenvalue weighted by Gasteiger charge is -2.11. The molecule has 8 nitrogen and oxygen atoms in total. The Bertz CT molecular complexity index is 746. The molecular formula is C14H16N2O6S. The van der Waals surface area contributed by atoms with Gasteiger partial charge in [0.05, 0.1) is 18.1 Å². The Morgan fingerprint density at radius 2 is 2.00 bits per heavy atom. The lowest BCUT2D eigenvalue weighted by Crippen LogP contribution is -2.42. The molecule has 0 radical (unpaired) electrons. The average Bonchev–Trinajstić information content (AvgIpc) is 3.10. The third kappa shape index (κ3) is 3.73. The molecule has 0 saturated carbocycles. The molecule has 9 heteroatoms. The van der Waals surface area contributed by atoms with Crippen molar-refractivity contribution in [3.63, 3.8) is 0 Å². The molecule has 2 aliphatic heterocycles. The van der Waals surface area contributed by atoms with Crippen LogP contribution in [0.1, 0.15) is 16.8 Å². The number of nitrogens with one attached hydrogen (secondary N) is 2. The summed E-state index contributed by atoms with van der Waals surface area (Å²) in [7, 11) is -3.05. The first-order valence-corrected chi connectivity index (χ1v) is 8.93. The van der Waals surface area contributed by atoms with Crippen molar-refractivity contribution < 1.29 is 27.5 Å². The van der Waals surface area contributed by atoms with E-state index in [9.17, 15) is 18.0 Å². The van der Waals surface area contributed by atoms with E-state index in [-0.39, 0.29) is 30.9 Å². The van der Waals surface area contributed by atoms with Crippen LogP contribution in [0.15, 0.2) is 18.2 Å². The highest BCUT2D eigenvalue weighted by Crippen LogP contribution is 2.32. The number of hydrogen-bond acceptors (Lipinski definition) is 6. The predicted molar refractivity (Wildman–Crippen MR) is 80.1 cm³/mol. The Kier molecular flexibility index (Phi) is 4.12. The van der Waals surface area contributed by atoms with E-state index in [1.807, 2.05) is 0 Å². The molecule has 124 valence electrons. The fraction of sp³-hybridized carbons (Fsp3) is 0.429. The fourth-order valence-electron chi connectivity index (χ4n) is 2.49. The van der Waals surface area contributed by atoms with Crippen molar-refractivity contribution in [3.05, 3.63) is 23.8 Å². The van der Waals surface area contributed by atoms with Crippen LogP contribution >= 0.6 is 0 Å². The molecule has 23 heavy (non-hydrogen) atoms. The van der Waals surface area contributed by atoms with Crippen molar-refractivity contribution in [2.45, 2.75) is 12.5 Å². The third-order valence-corrected chi connectivity index (χ3v) is 5.41. The zero-order valence-electron chi connectivity index (χ0n) is 12.2. The lowest BCUT2D eigenvalue weighted by molar-refractivity contribution is -0.120. The molecule has 2 amide bonds. The molecule has 0 aliphatic carbocycles. The van der Waals surface area contributed by atoms with Crippen molar-refractivity contribution in [2.24, 2.45) is 0 Å². The van der Waals surface area contributed by atoms with E-state index >= 15 is 0 Å². The molecule has 1 aromatic rings. The van der Waals surface area contributed by atoms with E-state index in [4.69, 9.17) is 9.47 Å². The van der Waals surface area contributed by atoms with Crippen LogP contribution in [0.4, 0.5) is 0 Å². The van der Waals surface area contributed by atoms with Crippen molar-refractivity contribution in [3.8, 4) is 11.5 Å². The Morgan fingerprint density at radius 3 is 2.74 bits per heavy atom. The number of sulfone groups is 1. The number of rotatable bonds is 4. The largest absolute Gasteiger partial charge is 0.454 e. The van der Waals surface area contributed by atoms with Gasteiger partial charge >= 0.3 is 0 Å². The van der Waals surface area contributed by atoms with Gasteiger partial charge in [-0.2, -0.15) is 0 Å². The van der Waals surface area contributed by atoms with E-state index in [0.29, 0.717) is 23.5 Å². The summed E-state index contributed by atoms with van der Waals surface area (Å²) < 4.78 is 33.0. The molecule has 1 aromatic carbocycles. The van der Waals surface area contributed by atoms with Crippen LogP contribution in [0.2, 0.25) is 0 Å². The van der Waals surface area contributed by atoms with E-state index in [0.717, 1.165) is 0 Å². The van der Waals surface area contributed by atoms with Gasteiger partial charge in [-0.05, 0) is 24.6 Å². The summed E-state index contributed by atoms with van der Waals surface area (Å²) >= 11 is 0. The molecule has 1 atom stereocenters. The number of amides is 2. The zero-order chi connectivity index (χ0) is 16.4. The molecule has 2 N–H and O–H groups in total. The minimum Gasteiger partial charge on any atom is -0.454 e. The maximum absolute atomic E-state index is 12.0. The molecule has 2 aliphatic rings. The van der Waals surface area contributed by atoms with E-state index in [1.165, 1.54) is 0 Å². The van der Waals surface area contributed by atoms with E-state index in [1.54, 1.807) is 18.2 Å². The number of fused-ring (bicyclic) bond motifs is 1. The summed E-state index contributed by atoms with van der Waals surface area (Å²) in [5.41, 5.74) is 0.352. The van der Waals surface area contributed by atoms with Crippen LogP contribution in [0.5, 0.6) is 11.5 Å². The van der Waals surface area contributed by atoms with Gasteiger partial charge in [0.15, 0.2) is 21.3 Å². The number of benzene rings is 1. The van der Waals surface area contributed by atoms with Crippen LogP contribution < -0.4 is 20.1 Å². The Hall–Kier alpha value is -2.29. The molecule has 3 rings (SSSR count). The third-order valence-electron chi connectivity index (χ3n) is 3.64. The van der Waals surface area contributed by atoms with Gasteiger partial charge in [0.1, 0.15) is 0 Å². The maximum Gasteiger partial charge on any atom is 0.251 e. The highest BCUT2D eigenvalue weighted by Gasteiger charge is 2.28. The van der Waals surface area contributed by atoms with Gasteiger partial charge in [-0.15, -0.1) is 0 Å². The van der Waals surface area contributed by atoms with Crippen molar-refractivity contribution >= 4 is 21.7 Å². The first-order valence-electron chi connectivity index (χ1n) is 7.10. The summed E-state index contributed by atoms with van der Waals surface area (Å²) in [6.45, 7) is -0.100. The highest BCUT2D eigenvalue weighted by atomic mass is 32.2. The Morgan fingerprint density at radius 1 is 1.22 bits per heavy atom. The molecule has 0 unspecified atom stereocenters. The Balaban J connectivity index is 1.50. The second-order valence-corrected chi connectivity index (χ2v) is 7.65. The quantitative estimate of drug-likeness (QED) is 0.761. The van der Waals surface area contributed by atoms with Crippen LogP contribution in [0.3, 0.4) is 0 Å². The second kappa shape index (κ2) is 6.07. The summed E-state index contributed by atoms with van der Waals surface area (Å²) in [6.07, 6.45) is 0.407. The molecule has 1 saturated heterocycles. The minimum absolute atomic E-state index is 0.0468. The SMILES string of the molecule is O=C(CNC(=O)c1ccc2c(c1)OCO2)N[C@H]1CCS(=O)(=O)C1. The minimum atomic E-state index is -3.05. The van der Waals surface area contributed by atoms with Crippen LogP contribution in [-0.2, 0) is 14.6 Å². The van der Waals surface area contributed by atoms with Crippen molar-refractivity contribution in [1.29, 1.82) is 0 Å². The van der Waals surface area contributed by atoms with Gasteiger partial charge in [0.25, 0.3) is 5.91 Å². The molecule has 0 spiro atoms. The summed E-state index contributed by atoms with van der Waals surface area (Å²) in [4.78, 5) is 23.8. The molecule has 0 aromatic heterocycles. The predicted octanol–water partition coefficient (Wildman–Crippen LogP) is -0.552. The standard InChI is InChI=1S/C14H16N2O6S/c17-13(16-10-3-4-23(19,20)7-10)6-15-14(18)9-1-2-11-12(5-9)22-8-21-11/h1-2,5,10H,3-4,6-8H2,(H,15,18)(H,16,17)/t10-/m0/s1. The highest BCUT2D eigenvalue weighted by molar-refractivity contribution is 7.91. The van der Waals surface area contributed by atoms with Crippen molar-refractivity contribution in [1.82, 2.24) is 10.6 Å². The normalized spacial score (nSPS) is 21.0. The van der Waals surface area contributed by atoms with E-state index < -0.39 is 21.7 Å². The molecular weight excluding hydrogens is 324 g/mol. The first kappa shape index (κ1) is 15.6. The average molecular weight is 340 g/mol. The number of ether oxygens (including phenoxy) is 2. The molecule has 2 heterocycles. The summed E-state index contributed by atoms with van der Waals surface area (Å²) in [5.74, 6) is 0.259. The van der Waals surface area contributed by atoms with Gasteiger partial charge in [-0.1, -0.05) is 0 Å². The molecule has 0 bridgehead atoms. The van der Waals surface area contributed by atoms with Crippen LogP contribution in [0.25, 0.3) is 0 Å².